The van der Waals surface area contributed by atoms with Crippen LogP contribution in [0.3, 0.4) is 0 Å². The summed E-state index contributed by atoms with van der Waals surface area (Å²) in [5, 5.41) is 4.41. The van der Waals surface area contributed by atoms with Crippen molar-refractivity contribution in [2.24, 2.45) is 0 Å². The van der Waals surface area contributed by atoms with Gasteiger partial charge in [-0.2, -0.15) is 13.2 Å². The predicted octanol–water partition coefficient (Wildman–Crippen LogP) is 5.42. The Kier molecular flexibility index (Phi) is 7.90. The number of hydrogen-bond donors (Lipinski definition) is 2. The number of aromatic nitrogens is 1. The largest absolute Gasteiger partial charge is 0.490 e. The number of aromatic amines is 1. The van der Waals surface area contributed by atoms with Gasteiger partial charge in [-0.3, -0.25) is 4.79 Å². The van der Waals surface area contributed by atoms with Crippen molar-refractivity contribution >= 4 is 34.4 Å². The van der Waals surface area contributed by atoms with Crippen molar-refractivity contribution in [2.45, 2.75) is 44.5 Å². The number of fused-ring (bicyclic) bond motifs is 1. The number of hydrogen-bond acceptors (Lipinski definition) is 4. The molecule has 2 heterocycles. The van der Waals surface area contributed by atoms with E-state index in [1.54, 1.807) is 18.2 Å². The molecule has 0 spiro atoms. The zero-order valence-corrected chi connectivity index (χ0v) is 20.5. The Morgan fingerprint density at radius 3 is 2.58 bits per heavy atom. The van der Waals surface area contributed by atoms with Gasteiger partial charge in [0.05, 0.1) is 11.1 Å². The SMILES string of the molecule is C[C@H](Cc1c[nH]c2c(C(=O)N3CCCC3)cccc12)NC[C@@H](OC(=O)C(F)(F)F)c1cccc(Cl)c1. The quantitative estimate of drug-likeness (QED) is 0.388. The van der Waals surface area contributed by atoms with Crippen LogP contribution in [0.1, 0.15) is 47.4 Å². The molecule has 1 saturated heterocycles. The smallest absolute Gasteiger partial charge is 0.449 e. The number of likely N-dealkylation sites (tertiary alicyclic amines) is 1. The molecule has 0 aliphatic carbocycles. The topological polar surface area (TPSA) is 74.4 Å². The van der Waals surface area contributed by atoms with E-state index >= 15 is 0 Å². The molecule has 36 heavy (non-hydrogen) atoms. The molecule has 0 bridgehead atoms. The number of carbonyl (C=O) groups excluding carboxylic acids is 2. The summed E-state index contributed by atoms with van der Waals surface area (Å²) in [4.78, 5) is 29.6. The van der Waals surface area contributed by atoms with Gasteiger partial charge >= 0.3 is 12.1 Å². The van der Waals surface area contributed by atoms with Gasteiger partial charge in [0, 0.05) is 42.3 Å². The van der Waals surface area contributed by atoms with Gasteiger partial charge < -0.3 is 19.9 Å². The molecule has 1 aliphatic rings. The Morgan fingerprint density at radius 2 is 1.89 bits per heavy atom. The van der Waals surface area contributed by atoms with E-state index in [2.05, 4.69) is 10.3 Å². The highest BCUT2D eigenvalue weighted by Crippen LogP contribution is 2.27. The Morgan fingerprint density at radius 1 is 1.17 bits per heavy atom. The molecular formula is C26H27ClF3N3O3. The lowest BCUT2D eigenvalue weighted by Crippen LogP contribution is -2.35. The third-order valence-corrected chi connectivity index (χ3v) is 6.54. The van der Waals surface area contributed by atoms with Gasteiger partial charge in [-0.05, 0) is 55.5 Å². The van der Waals surface area contributed by atoms with E-state index in [9.17, 15) is 22.8 Å². The van der Waals surface area contributed by atoms with E-state index in [1.165, 1.54) is 6.07 Å². The Balaban J connectivity index is 1.46. The van der Waals surface area contributed by atoms with Crippen molar-refractivity contribution in [3.63, 3.8) is 0 Å². The second-order valence-corrected chi connectivity index (χ2v) is 9.44. The summed E-state index contributed by atoms with van der Waals surface area (Å²) in [6.45, 7) is 3.37. The third kappa shape index (κ3) is 6.02. The highest BCUT2D eigenvalue weighted by Gasteiger charge is 2.42. The number of nitrogens with one attached hydrogen (secondary N) is 2. The molecule has 0 radical (unpaired) electrons. The summed E-state index contributed by atoms with van der Waals surface area (Å²) in [7, 11) is 0. The first-order chi connectivity index (χ1) is 17.1. The van der Waals surface area contributed by atoms with Crippen molar-refractivity contribution in [3.8, 4) is 0 Å². The molecule has 2 atom stereocenters. The fourth-order valence-corrected chi connectivity index (χ4v) is 4.69. The van der Waals surface area contributed by atoms with Gasteiger partial charge in [-0.1, -0.05) is 35.9 Å². The number of H-pyrrole nitrogens is 1. The van der Waals surface area contributed by atoms with E-state index in [1.807, 2.05) is 36.2 Å². The zero-order valence-electron chi connectivity index (χ0n) is 19.7. The summed E-state index contributed by atoms with van der Waals surface area (Å²) in [5.74, 6) is -2.25. The molecular weight excluding hydrogens is 495 g/mol. The molecule has 4 rings (SSSR count). The molecule has 10 heteroatoms. The van der Waals surface area contributed by atoms with Crippen LogP contribution in [0.15, 0.2) is 48.7 Å². The summed E-state index contributed by atoms with van der Waals surface area (Å²) in [6.07, 6.45) is -1.87. The first kappa shape index (κ1) is 26.0. The van der Waals surface area contributed by atoms with E-state index < -0.39 is 18.2 Å². The number of rotatable bonds is 8. The maximum Gasteiger partial charge on any atom is 0.490 e. The minimum atomic E-state index is -5.10. The minimum Gasteiger partial charge on any atom is -0.449 e. The maximum absolute atomic E-state index is 12.9. The molecule has 0 saturated carbocycles. The molecule has 1 aromatic heterocycles. The van der Waals surface area contributed by atoms with Crippen LogP contribution in [0.5, 0.6) is 0 Å². The van der Waals surface area contributed by atoms with Crippen LogP contribution in [0.25, 0.3) is 10.9 Å². The van der Waals surface area contributed by atoms with Crippen LogP contribution >= 0.6 is 11.6 Å². The summed E-state index contributed by atoms with van der Waals surface area (Å²) >= 11 is 5.99. The molecule has 1 amide bonds. The van der Waals surface area contributed by atoms with Gasteiger partial charge in [0.2, 0.25) is 0 Å². The first-order valence-corrected chi connectivity index (χ1v) is 12.2. The molecule has 1 aliphatic heterocycles. The highest BCUT2D eigenvalue weighted by molar-refractivity contribution is 6.30. The average Bonchev–Trinajstić information content (AvgIpc) is 3.51. The third-order valence-electron chi connectivity index (χ3n) is 6.30. The number of ether oxygens (including phenoxy) is 1. The zero-order chi connectivity index (χ0) is 25.9. The van der Waals surface area contributed by atoms with Crippen molar-refractivity contribution in [2.75, 3.05) is 19.6 Å². The van der Waals surface area contributed by atoms with Crippen molar-refractivity contribution in [3.05, 3.63) is 70.4 Å². The van der Waals surface area contributed by atoms with Crippen LogP contribution in [0.4, 0.5) is 13.2 Å². The van der Waals surface area contributed by atoms with Crippen LogP contribution < -0.4 is 5.32 Å². The number of esters is 1. The normalized spacial score (nSPS) is 15.8. The number of benzene rings is 2. The van der Waals surface area contributed by atoms with Gasteiger partial charge in [0.25, 0.3) is 5.91 Å². The van der Waals surface area contributed by atoms with Crippen LogP contribution in [-0.2, 0) is 16.0 Å². The van der Waals surface area contributed by atoms with Crippen molar-refractivity contribution in [1.29, 1.82) is 0 Å². The molecule has 3 aromatic rings. The van der Waals surface area contributed by atoms with Crippen LogP contribution in [0.2, 0.25) is 5.02 Å². The molecule has 6 nitrogen and oxygen atoms in total. The Bertz CT molecular complexity index is 1240. The summed E-state index contributed by atoms with van der Waals surface area (Å²) < 4.78 is 43.3. The summed E-state index contributed by atoms with van der Waals surface area (Å²) in [6, 6.07) is 11.6. The van der Waals surface area contributed by atoms with E-state index in [4.69, 9.17) is 16.3 Å². The van der Waals surface area contributed by atoms with E-state index in [0.717, 1.165) is 42.4 Å². The number of halogens is 4. The van der Waals surface area contributed by atoms with Gasteiger partial charge in [-0.15, -0.1) is 0 Å². The monoisotopic (exact) mass is 521 g/mol. The maximum atomic E-state index is 12.9. The fourth-order valence-electron chi connectivity index (χ4n) is 4.49. The van der Waals surface area contributed by atoms with Gasteiger partial charge in [-0.25, -0.2) is 4.79 Å². The standard InChI is InChI=1S/C26H27ClF3N3O3/c1-16(31-15-22(36-25(35)26(28,29)30)17-6-4-7-19(27)13-17)12-18-14-32-23-20(18)8-5-9-21(23)24(34)33-10-2-3-11-33/h4-9,13-14,16,22,31-32H,2-3,10-12,15H2,1H3/t16-,22-/m1/s1. The van der Waals surface area contributed by atoms with Crippen LogP contribution in [-0.4, -0.2) is 53.6 Å². The number of nitrogens with zero attached hydrogens (tertiary/aromatic N) is 1. The second kappa shape index (κ2) is 10.9. The molecule has 2 N–H and O–H groups in total. The number of amides is 1. The summed E-state index contributed by atoms with van der Waals surface area (Å²) in [5.41, 5.74) is 2.72. The minimum absolute atomic E-state index is 0.00789. The number of carbonyl (C=O) groups is 2. The van der Waals surface area contributed by atoms with Gasteiger partial charge in [0.1, 0.15) is 6.10 Å². The second-order valence-electron chi connectivity index (χ2n) is 9.00. The molecule has 2 aromatic carbocycles. The van der Waals surface area contributed by atoms with E-state index in [0.29, 0.717) is 22.6 Å². The number of alkyl halides is 3. The molecule has 192 valence electrons. The van der Waals surface area contributed by atoms with Crippen LogP contribution in [0, 0.1) is 0 Å². The lowest BCUT2D eigenvalue weighted by molar-refractivity contribution is -0.205. The fraction of sp³-hybridized carbons (Fsp3) is 0.385. The highest BCUT2D eigenvalue weighted by atomic mass is 35.5. The predicted molar refractivity (Wildman–Crippen MR) is 131 cm³/mol. The Labute approximate surface area is 211 Å². The Hall–Kier alpha value is -3.04. The van der Waals surface area contributed by atoms with Gasteiger partial charge in [0.15, 0.2) is 0 Å². The molecule has 1 fully saturated rings. The average molecular weight is 522 g/mol. The lowest BCUT2D eigenvalue weighted by atomic mass is 10.0. The van der Waals surface area contributed by atoms with E-state index in [-0.39, 0.29) is 18.5 Å². The first-order valence-electron chi connectivity index (χ1n) is 11.8. The van der Waals surface area contributed by atoms with Crippen molar-refractivity contribution < 1.29 is 27.5 Å². The van der Waals surface area contributed by atoms with Crippen molar-refractivity contribution in [1.82, 2.24) is 15.2 Å². The molecule has 0 unspecified atom stereocenters. The number of para-hydroxylation sites is 1. The lowest BCUT2D eigenvalue weighted by Gasteiger charge is -2.22.